The number of benzene rings is 2. The molecule has 0 aliphatic heterocycles. The van der Waals surface area contributed by atoms with Crippen molar-refractivity contribution in [1.82, 2.24) is 9.55 Å². The molecular weight excluding hydrogens is 333 g/mol. The van der Waals surface area contributed by atoms with E-state index in [0.717, 1.165) is 27.9 Å². The van der Waals surface area contributed by atoms with Crippen LogP contribution in [0.2, 0.25) is 0 Å². The normalized spacial score (nSPS) is 11.0. The van der Waals surface area contributed by atoms with E-state index < -0.39 is 0 Å². The number of hydrogen-bond acceptors (Lipinski definition) is 2. The van der Waals surface area contributed by atoms with Gasteiger partial charge >= 0.3 is 0 Å². The summed E-state index contributed by atoms with van der Waals surface area (Å²) in [6.07, 6.45) is 0. The van der Waals surface area contributed by atoms with Crippen LogP contribution in [0.25, 0.3) is 11.0 Å². The minimum absolute atomic E-state index is 0.266. The first kappa shape index (κ1) is 14.1. The largest absolute Gasteiger partial charge is 0.375 e. The van der Waals surface area contributed by atoms with Crippen molar-refractivity contribution in [2.45, 2.75) is 20.0 Å². The third-order valence-electron chi connectivity index (χ3n) is 3.42. The van der Waals surface area contributed by atoms with E-state index in [1.54, 1.807) is 12.1 Å². The number of halogens is 2. The molecule has 0 spiro atoms. The van der Waals surface area contributed by atoms with Crippen LogP contribution in [0.15, 0.2) is 46.9 Å². The van der Waals surface area contributed by atoms with Crippen molar-refractivity contribution in [3.63, 3.8) is 0 Å². The number of para-hydroxylation sites is 2. The third-order valence-corrected chi connectivity index (χ3v) is 3.91. The molecule has 0 saturated carbocycles. The molecule has 0 fully saturated rings. The number of imidazole rings is 1. The van der Waals surface area contributed by atoms with Crippen molar-refractivity contribution in [2.24, 2.45) is 0 Å². The molecule has 3 rings (SSSR count). The Hall–Kier alpha value is -1.88. The molecule has 5 heteroatoms. The average Bonchev–Trinajstić information content (AvgIpc) is 2.85. The fourth-order valence-corrected chi connectivity index (χ4v) is 2.78. The van der Waals surface area contributed by atoms with Crippen LogP contribution in [-0.4, -0.2) is 9.55 Å². The minimum atomic E-state index is -0.266. The van der Waals surface area contributed by atoms with Crippen molar-refractivity contribution in [2.75, 3.05) is 5.32 Å². The van der Waals surface area contributed by atoms with Crippen LogP contribution >= 0.6 is 15.9 Å². The van der Waals surface area contributed by atoms with Crippen molar-refractivity contribution in [1.29, 1.82) is 0 Å². The molecule has 0 aliphatic rings. The van der Waals surface area contributed by atoms with Crippen molar-refractivity contribution < 1.29 is 4.39 Å². The highest BCUT2D eigenvalue weighted by Gasteiger charge is 2.10. The van der Waals surface area contributed by atoms with Crippen LogP contribution in [0.5, 0.6) is 0 Å². The molecule has 1 N–H and O–H groups in total. The molecule has 0 atom stereocenters. The zero-order valence-corrected chi connectivity index (χ0v) is 13.2. The van der Waals surface area contributed by atoms with E-state index in [9.17, 15) is 4.39 Å². The predicted octanol–water partition coefficient (Wildman–Crippen LogP) is 4.57. The Labute approximate surface area is 130 Å². The van der Waals surface area contributed by atoms with E-state index in [-0.39, 0.29) is 5.82 Å². The lowest BCUT2D eigenvalue weighted by molar-refractivity contribution is 0.628. The Morgan fingerprint density at radius 1 is 1.24 bits per heavy atom. The summed E-state index contributed by atoms with van der Waals surface area (Å²) in [5, 5.41) is 3.12. The SMILES string of the molecule is CCn1c(CNc2cc(Br)ccc2F)nc2ccccc21. The fraction of sp³-hybridized carbons (Fsp3) is 0.188. The summed E-state index contributed by atoms with van der Waals surface area (Å²) in [6, 6.07) is 12.9. The number of aryl methyl sites for hydroxylation is 1. The molecule has 0 aliphatic carbocycles. The Balaban J connectivity index is 1.89. The second-order valence-corrected chi connectivity index (χ2v) is 5.65. The summed E-state index contributed by atoms with van der Waals surface area (Å²) in [6.45, 7) is 3.39. The van der Waals surface area contributed by atoms with Crippen LogP contribution in [-0.2, 0) is 13.1 Å². The van der Waals surface area contributed by atoms with E-state index >= 15 is 0 Å². The first-order valence-electron chi connectivity index (χ1n) is 6.82. The van der Waals surface area contributed by atoms with E-state index in [1.165, 1.54) is 6.07 Å². The van der Waals surface area contributed by atoms with Gasteiger partial charge in [-0.05, 0) is 37.3 Å². The molecule has 108 valence electrons. The highest BCUT2D eigenvalue weighted by atomic mass is 79.9. The van der Waals surface area contributed by atoms with Gasteiger partial charge in [-0.15, -0.1) is 0 Å². The second-order valence-electron chi connectivity index (χ2n) is 4.74. The number of fused-ring (bicyclic) bond motifs is 1. The van der Waals surface area contributed by atoms with Gasteiger partial charge in [0.1, 0.15) is 11.6 Å². The Kier molecular flexibility index (Phi) is 3.92. The molecule has 2 aromatic carbocycles. The highest BCUT2D eigenvalue weighted by Crippen LogP contribution is 2.22. The molecule has 21 heavy (non-hydrogen) atoms. The monoisotopic (exact) mass is 347 g/mol. The van der Waals surface area contributed by atoms with E-state index in [1.807, 2.05) is 18.2 Å². The lowest BCUT2D eigenvalue weighted by Crippen LogP contribution is -2.08. The van der Waals surface area contributed by atoms with Crippen molar-refractivity contribution in [3.8, 4) is 0 Å². The topological polar surface area (TPSA) is 29.9 Å². The highest BCUT2D eigenvalue weighted by molar-refractivity contribution is 9.10. The number of aromatic nitrogens is 2. The third kappa shape index (κ3) is 2.78. The molecular formula is C16H15BrFN3. The van der Waals surface area contributed by atoms with Crippen LogP contribution in [0.4, 0.5) is 10.1 Å². The lowest BCUT2D eigenvalue weighted by atomic mass is 10.3. The van der Waals surface area contributed by atoms with Crippen molar-refractivity contribution >= 4 is 32.7 Å². The maximum Gasteiger partial charge on any atom is 0.146 e. The van der Waals surface area contributed by atoms with Gasteiger partial charge < -0.3 is 9.88 Å². The standard InChI is InChI=1S/C16H15BrFN3/c1-2-21-15-6-4-3-5-13(15)20-16(21)10-19-14-9-11(17)7-8-12(14)18/h3-9,19H,2,10H2,1H3. The molecule has 3 aromatic rings. The Morgan fingerprint density at radius 2 is 2.05 bits per heavy atom. The summed E-state index contributed by atoms with van der Waals surface area (Å²) < 4.78 is 16.7. The van der Waals surface area contributed by atoms with E-state index in [0.29, 0.717) is 12.2 Å². The van der Waals surface area contributed by atoms with Gasteiger partial charge in [-0.25, -0.2) is 9.37 Å². The predicted molar refractivity (Wildman–Crippen MR) is 86.8 cm³/mol. The first-order chi connectivity index (χ1) is 10.2. The Bertz CT molecular complexity index is 782. The van der Waals surface area contributed by atoms with Gasteiger partial charge in [0.2, 0.25) is 0 Å². The number of nitrogens with one attached hydrogen (secondary N) is 1. The fourth-order valence-electron chi connectivity index (χ4n) is 2.42. The molecule has 0 saturated heterocycles. The van der Waals surface area contributed by atoms with Crippen LogP contribution in [0.1, 0.15) is 12.7 Å². The quantitative estimate of drug-likeness (QED) is 0.749. The summed E-state index contributed by atoms with van der Waals surface area (Å²) in [5.74, 6) is 0.635. The molecule has 1 aromatic heterocycles. The van der Waals surface area contributed by atoms with Gasteiger partial charge in [-0.1, -0.05) is 28.1 Å². The van der Waals surface area contributed by atoms with E-state index in [4.69, 9.17) is 0 Å². The van der Waals surface area contributed by atoms with E-state index in [2.05, 4.69) is 43.8 Å². The number of rotatable bonds is 4. The molecule has 0 bridgehead atoms. The number of anilines is 1. The summed E-state index contributed by atoms with van der Waals surface area (Å²) in [4.78, 5) is 4.62. The molecule has 1 heterocycles. The van der Waals surface area contributed by atoms with Crippen LogP contribution < -0.4 is 5.32 Å². The van der Waals surface area contributed by atoms with Gasteiger partial charge in [0.15, 0.2) is 0 Å². The van der Waals surface area contributed by atoms with Gasteiger partial charge in [-0.3, -0.25) is 0 Å². The summed E-state index contributed by atoms with van der Waals surface area (Å²) in [7, 11) is 0. The number of hydrogen-bond donors (Lipinski definition) is 1. The second kappa shape index (κ2) is 5.85. The molecule has 0 radical (unpaired) electrons. The average molecular weight is 348 g/mol. The maximum atomic E-state index is 13.7. The zero-order chi connectivity index (χ0) is 14.8. The zero-order valence-electron chi connectivity index (χ0n) is 11.6. The van der Waals surface area contributed by atoms with Gasteiger partial charge in [0, 0.05) is 11.0 Å². The lowest BCUT2D eigenvalue weighted by Gasteiger charge is -2.09. The maximum absolute atomic E-state index is 13.7. The van der Waals surface area contributed by atoms with Crippen molar-refractivity contribution in [3.05, 3.63) is 58.6 Å². The molecule has 3 nitrogen and oxygen atoms in total. The van der Waals surface area contributed by atoms with Gasteiger partial charge in [-0.2, -0.15) is 0 Å². The van der Waals surface area contributed by atoms with Gasteiger partial charge in [0.05, 0.1) is 23.3 Å². The number of nitrogens with zero attached hydrogens (tertiary/aromatic N) is 2. The summed E-state index contributed by atoms with van der Waals surface area (Å²) in [5.41, 5.74) is 2.54. The Morgan fingerprint density at radius 3 is 2.86 bits per heavy atom. The minimum Gasteiger partial charge on any atom is -0.375 e. The van der Waals surface area contributed by atoms with Crippen LogP contribution in [0, 0.1) is 5.82 Å². The first-order valence-corrected chi connectivity index (χ1v) is 7.61. The molecule has 0 amide bonds. The summed E-state index contributed by atoms with van der Waals surface area (Å²) >= 11 is 3.35. The smallest absolute Gasteiger partial charge is 0.146 e. The van der Waals surface area contributed by atoms with Crippen LogP contribution in [0.3, 0.4) is 0 Å². The van der Waals surface area contributed by atoms with Gasteiger partial charge in [0.25, 0.3) is 0 Å². The molecule has 0 unspecified atom stereocenters.